The van der Waals surface area contributed by atoms with Crippen LogP contribution in [0.3, 0.4) is 0 Å². The SMILES string of the molecule is COc1ccc(NC(=O)c2[nH]c3ccc(C)cc3c2C)c(C)n1. The molecule has 0 saturated heterocycles. The molecule has 1 amide bonds. The average Bonchev–Trinajstić information content (AvgIpc) is 2.86. The number of H-pyrrole nitrogens is 1. The van der Waals surface area contributed by atoms with Crippen LogP contribution >= 0.6 is 0 Å². The second kappa shape index (κ2) is 5.76. The summed E-state index contributed by atoms with van der Waals surface area (Å²) < 4.78 is 5.08. The predicted molar refractivity (Wildman–Crippen MR) is 91.3 cm³/mol. The number of anilines is 1. The Balaban J connectivity index is 1.93. The van der Waals surface area contributed by atoms with Crippen LogP contribution in [0.15, 0.2) is 30.3 Å². The molecule has 3 aromatic rings. The van der Waals surface area contributed by atoms with Crippen LogP contribution in [-0.4, -0.2) is 23.0 Å². The quantitative estimate of drug-likeness (QED) is 0.774. The normalized spacial score (nSPS) is 10.8. The number of hydrogen-bond acceptors (Lipinski definition) is 3. The monoisotopic (exact) mass is 309 g/mol. The zero-order chi connectivity index (χ0) is 16.6. The van der Waals surface area contributed by atoms with Crippen molar-refractivity contribution >= 4 is 22.5 Å². The molecular weight excluding hydrogens is 290 g/mol. The number of hydrogen-bond donors (Lipinski definition) is 2. The summed E-state index contributed by atoms with van der Waals surface area (Å²) in [6.45, 7) is 5.82. The maximum absolute atomic E-state index is 12.6. The molecule has 0 aliphatic heterocycles. The van der Waals surface area contributed by atoms with Crippen molar-refractivity contribution in [3.05, 3.63) is 52.8 Å². The van der Waals surface area contributed by atoms with Crippen molar-refractivity contribution < 1.29 is 9.53 Å². The van der Waals surface area contributed by atoms with Crippen molar-refractivity contribution in [2.75, 3.05) is 12.4 Å². The maximum atomic E-state index is 12.6. The van der Waals surface area contributed by atoms with E-state index in [1.807, 2.05) is 32.9 Å². The predicted octanol–water partition coefficient (Wildman–Crippen LogP) is 3.75. The number of aromatic nitrogens is 2. The number of carbonyl (C=O) groups excluding carboxylic acids is 1. The van der Waals surface area contributed by atoms with E-state index in [1.165, 1.54) is 5.56 Å². The van der Waals surface area contributed by atoms with Gasteiger partial charge in [-0.05, 0) is 44.5 Å². The lowest BCUT2D eigenvalue weighted by Crippen LogP contribution is -2.14. The van der Waals surface area contributed by atoms with Gasteiger partial charge in [0, 0.05) is 17.0 Å². The fourth-order valence-electron chi connectivity index (χ4n) is 2.64. The standard InChI is InChI=1S/C18H19N3O2/c1-10-5-6-15-13(9-10)11(2)17(20-15)18(22)21-14-7-8-16(23-4)19-12(14)3/h5-9,20H,1-4H3,(H,21,22). The fraction of sp³-hybridized carbons (Fsp3) is 0.222. The highest BCUT2D eigenvalue weighted by Gasteiger charge is 2.16. The van der Waals surface area contributed by atoms with Crippen molar-refractivity contribution in [2.45, 2.75) is 20.8 Å². The second-order valence-electron chi connectivity index (χ2n) is 5.61. The number of aryl methyl sites for hydroxylation is 3. The van der Waals surface area contributed by atoms with Gasteiger partial charge >= 0.3 is 0 Å². The van der Waals surface area contributed by atoms with Crippen LogP contribution in [0.25, 0.3) is 10.9 Å². The Hall–Kier alpha value is -2.82. The van der Waals surface area contributed by atoms with E-state index in [2.05, 4.69) is 21.4 Å². The first-order valence-electron chi connectivity index (χ1n) is 7.41. The molecule has 0 unspecified atom stereocenters. The second-order valence-corrected chi connectivity index (χ2v) is 5.61. The molecule has 0 saturated carbocycles. The molecule has 23 heavy (non-hydrogen) atoms. The minimum atomic E-state index is -0.175. The van der Waals surface area contributed by atoms with Crippen molar-refractivity contribution in [2.24, 2.45) is 0 Å². The fourth-order valence-corrected chi connectivity index (χ4v) is 2.64. The number of rotatable bonds is 3. The molecule has 5 heteroatoms. The Kier molecular flexibility index (Phi) is 3.78. The van der Waals surface area contributed by atoms with Crippen LogP contribution in [0.2, 0.25) is 0 Å². The Bertz CT molecular complexity index is 897. The topological polar surface area (TPSA) is 67.0 Å². The Morgan fingerprint density at radius 3 is 2.65 bits per heavy atom. The highest BCUT2D eigenvalue weighted by molar-refractivity contribution is 6.08. The molecule has 0 aliphatic rings. The summed E-state index contributed by atoms with van der Waals surface area (Å²) >= 11 is 0. The van der Waals surface area contributed by atoms with Crippen LogP contribution < -0.4 is 10.1 Å². The van der Waals surface area contributed by atoms with Gasteiger partial charge in [0.2, 0.25) is 5.88 Å². The van der Waals surface area contributed by atoms with Gasteiger partial charge in [-0.25, -0.2) is 4.98 Å². The number of methoxy groups -OCH3 is 1. The zero-order valence-corrected chi connectivity index (χ0v) is 13.7. The van der Waals surface area contributed by atoms with Gasteiger partial charge in [0.25, 0.3) is 5.91 Å². The van der Waals surface area contributed by atoms with E-state index in [1.54, 1.807) is 19.2 Å². The molecule has 0 atom stereocenters. The smallest absolute Gasteiger partial charge is 0.272 e. The van der Waals surface area contributed by atoms with Crippen LogP contribution in [0.5, 0.6) is 5.88 Å². The Morgan fingerprint density at radius 1 is 1.17 bits per heavy atom. The number of ether oxygens (including phenoxy) is 1. The highest BCUT2D eigenvalue weighted by Crippen LogP contribution is 2.24. The molecule has 0 spiro atoms. The summed E-state index contributed by atoms with van der Waals surface area (Å²) in [7, 11) is 1.57. The number of amides is 1. The minimum absolute atomic E-state index is 0.175. The third-order valence-corrected chi connectivity index (χ3v) is 3.96. The molecule has 118 valence electrons. The van der Waals surface area contributed by atoms with E-state index >= 15 is 0 Å². The molecule has 1 aromatic carbocycles. The Morgan fingerprint density at radius 2 is 1.96 bits per heavy atom. The van der Waals surface area contributed by atoms with Gasteiger partial charge < -0.3 is 15.0 Å². The van der Waals surface area contributed by atoms with Gasteiger partial charge in [0.05, 0.1) is 18.5 Å². The number of pyridine rings is 1. The van der Waals surface area contributed by atoms with Gasteiger partial charge in [-0.15, -0.1) is 0 Å². The van der Waals surface area contributed by atoms with Gasteiger partial charge in [0.1, 0.15) is 5.69 Å². The number of nitrogens with one attached hydrogen (secondary N) is 2. The number of aromatic amines is 1. The number of carbonyl (C=O) groups is 1. The summed E-state index contributed by atoms with van der Waals surface area (Å²) in [6.07, 6.45) is 0. The molecule has 0 radical (unpaired) electrons. The van der Waals surface area contributed by atoms with E-state index < -0.39 is 0 Å². The molecule has 5 nitrogen and oxygen atoms in total. The zero-order valence-electron chi connectivity index (χ0n) is 13.7. The summed E-state index contributed by atoms with van der Waals surface area (Å²) in [5.41, 5.74) is 5.03. The first-order valence-corrected chi connectivity index (χ1v) is 7.41. The summed E-state index contributed by atoms with van der Waals surface area (Å²) in [6, 6.07) is 9.62. The lowest BCUT2D eigenvalue weighted by molar-refractivity contribution is 0.102. The third-order valence-electron chi connectivity index (χ3n) is 3.96. The third kappa shape index (κ3) is 2.77. The highest BCUT2D eigenvalue weighted by atomic mass is 16.5. The Labute approximate surface area is 134 Å². The summed E-state index contributed by atoms with van der Waals surface area (Å²) in [5.74, 6) is 0.351. The van der Waals surface area contributed by atoms with E-state index in [9.17, 15) is 4.79 Å². The number of nitrogens with zero attached hydrogens (tertiary/aromatic N) is 1. The van der Waals surface area contributed by atoms with Crippen LogP contribution in [0.4, 0.5) is 5.69 Å². The molecule has 2 heterocycles. The van der Waals surface area contributed by atoms with Crippen LogP contribution in [-0.2, 0) is 0 Å². The van der Waals surface area contributed by atoms with Crippen molar-refractivity contribution in [1.82, 2.24) is 9.97 Å². The molecule has 0 aliphatic carbocycles. The maximum Gasteiger partial charge on any atom is 0.272 e. The van der Waals surface area contributed by atoms with Crippen molar-refractivity contribution in [3.63, 3.8) is 0 Å². The number of benzene rings is 1. The van der Waals surface area contributed by atoms with E-state index in [4.69, 9.17) is 4.74 Å². The van der Waals surface area contributed by atoms with Gasteiger partial charge in [-0.1, -0.05) is 11.6 Å². The molecular formula is C18H19N3O2. The first kappa shape index (κ1) is 15.1. The summed E-state index contributed by atoms with van der Waals surface area (Å²) in [4.78, 5) is 20.1. The van der Waals surface area contributed by atoms with Gasteiger partial charge in [-0.2, -0.15) is 0 Å². The molecule has 2 N–H and O–H groups in total. The lowest BCUT2D eigenvalue weighted by Gasteiger charge is -2.08. The lowest BCUT2D eigenvalue weighted by atomic mass is 10.1. The van der Waals surface area contributed by atoms with E-state index in [0.29, 0.717) is 23.0 Å². The summed E-state index contributed by atoms with van der Waals surface area (Å²) in [5, 5.41) is 3.98. The largest absolute Gasteiger partial charge is 0.481 e. The van der Waals surface area contributed by atoms with Crippen LogP contribution in [0, 0.1) is 20.8 Å². The first-order chi connectivity index (χ1) is 11.0. The van der Waals surface area contributed by atoms with E-state index in [-0.39, 0.29) is 5.91 Å². The van der Waals surface area contributed by atoms with E-state index in [0.717, 1.165) is 16.5 Å². The minimum Gasteiger partial charge on any atom is -0.481 e. The van der Waals surface area contributed by atoms with Crippen molar-refractivity contribution in [3.8, 4) is 5.88 Å². The van der Waals surface area contributed by atoms with Crippen molar-refractivity contribution in [1.29, 1.82) is 0 Å². The number of fused-ring (bicyclic) bond motifs is 1. The van der Waals surface area contributed by atoms with Crippen LogP contribution in [0.1, 0.15) is 27.3 Å². The average molecular weight is 309 g/mol. The molecule has 3 rings (SSSR count). The molecule has 0 fully saturated rings. The van der Waals surface area contributed by atoms with Gasteiger partial charge in [0.15, 0.2) is 0 Å². The molecule has 0 bridgehead atoms. The molecule has 2 aromatic heterocycles. The van der Waals surface area contributed by atoms with Gasteiger partial charge in [-0.3, -0.25) is 4.79 Å².